The zero-order chi connectivity index (χ0) is 22.4. The van der Waals surface area contributed by atoms with E-state index in [1.54, 1.807) is 43.3 Å². The van der Waals surface area contributed by atoms with Crippen LogP contribution in [0.4, 0.5) is 5.69 Å². The van der Waals surface area contributed by atoms with E-state index >= 15 is 0 Å². The van der Waals surface area contributed by atoms with Crippen LogP contribution < -0.4 is 10.0 Å². The minimum Gasteiger partial charge on any atom is -0.345 e. The number of amides is 1. The Kier molecular flexibility index (Phi) is 7.13. The summed E-state index contributed by atoms with van der Waals surface area (Å²) in [6, 6.07) is 23.1. The summed E-state index contributed by atoms with van der Waals surface area (Å²) in [6.07, 6.45) is 0.780. The van der Waals surface area contributed by atoms with E-state index in [-0.39, 0.29) is 16.8 Å². The van der Waals surface area contributed by atoms with Crippen LogP contribution in [0.2, 0.25) is 0 Å². The lowest BCUT2D eigenvalue weighted by molar-refractivity contribution is 0.0931. The van der Waals surface area contributed by atoms with Crippen LogP contribution in [0.3, 0.4) is 0 Å². The van der Waals surface area contributed by atoms with E-state index in [1.165, 1.54) is 6.07 Å². The monoisotopic (exact) mass is 436 g/mol. The first-order chi connectivity index (χ1) is 14.8. The second-order valence-electron chi connectivity index (χ2n) is 8.02. The number of aryl methyl sites for hydroxylation is 1. The van der Waals surface area contributed by atoms with Gasteiger partial charge in [0.2, 0.25) is 0 Å². The Morgan fingerprint density at radius 2 is 1.52 bits per heavy atom. The van der Waals surface area contributed by atoms with Gasteiger partial charge in [0.1, 0.15) is 0 Å². The maximum atomic E-state index is 13.0. The van der Waals surface area contributed by atoms with Gasteiger partial charge in [-0.2, -0.15) is 0 Å². The summed E-state index contributed by atoms with van der Waals surface area (Å²) in [6.45, 7) is 5.93. The number of hydrogen-bond donors (Lipinski definition) is 2. The van der Waals surface area contributed by atoms with Crippen LogP contribution in [0.1, 0.15) is 47.8 Å². The Morgan fingerprint density at radius 3 is 2.13 bits per heavy atom. The first-order valence-corrected chi connectivity index (χ1v) is 11.8. The minimum atomic E-state index is -3.83. The molecule has 0 aliphatic heterocycles. The molecule has 2 N–H and O–H groups in total. The lowest BCUT2D eigenvalue weighted by Crippen LogP contribution is -2.29. The fraction of sp³-hybridized carbons (Fsp3) is 0.240. The maximum absolute atomic E-state index is 13.0. The van der Waals surface area contributed by atoms with Crippen molar-refractivity contribution < 1.29 is 13.2 Å². The van der Waals surface area contributed by atoms with Gasteiger partial charge >= 0.3 is 0 Å². The Morgan fingerprint density at radius 1 is 0.903 bits per heavy atom. The van der Waals surface area contributed by atoms with Gasteiger partial charge in [0.15, 0.2) is 0 Å². The van der Waals surface area contributed by atoms with Crippen LogP contribution >= 0.6 is 0 Å². The molecule has 0 aliphatic rings. The molecule has 0 aromatic heterocycles. The fourth-order valence-electron chi connectivity index (χ4n) is 3.42. The van der Waals surface area contributed by atoms with Crippen molar-refractivity contribution in [3.8, 4) is 0 Å². The molecule has 3 rings (SSSR count). The number of nitrogens with one attached hydrogen (secondary N) is 2. The van der Waals surface area contributed by atoms with E-state index in [2.05, 4.69) is 23.9 Å². The molecular weight excluding hydrogens is 408 g/mol. The molecule has 0 radical (unpaired) electrons. The first kappa shape index (κ1) is 22.6. The summed E-state index contributed by atoms with van der Waals surface area (Å²) >= 11 is 0. The van der Waals surface area contributed by atoms with Crippen molar-refractivity contribution in [2.75, 3.05) is 4.72 Å². The largest absolute Gasteiger partial charge is 0.345 e. The average molecular weight is 437 g/mol. The van der Waals surface area contributed by atoms with Gasteiger partial charge in [0.25, 0.3) is 15.9 Å². The molecule has 0 aliphatic carbocycles. The van der Waals surface area contributed by atoms with Gasteiger partial charge in [-0.15, -0.1) is 0 Å². The van der Waals surface area contributed by atoms with Crippen molar-refractivity contribution in [1.29, 1.82) is 0 Å². The van der Waals surface area contributed by atoms with Gasteiger partial charge in [0, 0.05) is 11.3 Å². The molecule has 0 saturated heterocycles. The van der Waals surface area contributed by atoms with Crippen molar-refractivity contribution in [1.82, 2.24) is 5.32 Å². The minimum absolute atomic E-state index is 0.0872. The molecule has 5 nitrogen and oxygen atoms in total. The molecule has 0 unspecified atom stereocenters. The zero-order valence-electron chi connectivity index (χ0n) is 18.0. The van der Waals surface area contributed by atoms with Gasteiger partial charge in [-0.3, -0.25) is 9.52 Å². The molecule has 1 amide bonds. The third-order valence-electron chi connectivity index (χ3n) is 4.98. The van der Waals surface area contributed by atoms with Crippen molar-refractivity contribution in [2.24, 2.45) is 5.92 Å². The number of benzene rings is 3. The molecule has 0 saturated carbocycles. The van der Waals surface area contributed by atoms with Crippen LogP contribution in [-0.4, -0.2) is 14.3 Å². The molecule has 6 heteroatoms. The van der Waals surface area contributed by atoms with Gasteiger partial charge in [-0.05, 0) is 54.7 Å². The normalized spacial score (nSPS) is 12.4. The second kappa shape index (κ2) is 9.79. The molecule has 0 heterocycles. The number of carbonyl (C=O) groups is 1. The number of rotatable bonds is 8. The van der Waals surface area contributed by atoms with Gasteiger partial charge in [0.05, 0.1) is 10.9 Å². The lowest BCUT2D eigenvalue weighted by atomic mass is 9.96. The lowest BCUT2D eigenvalue weighted by Gasteiger charge is -2.21. The highest BCUT2D eigenvalue weighted by Crippen LogP contribution is 2.24. The first-order valence-electron chi connectivity index (χ1n) is 10.3. The predicted octanol–water partition coefficient (Wildman–Crippen LogP) is 5.31. The van der Waals surface area contributed by atoms with E-state index in [9.17, 15) is 13.2 Å². The van der Waals surface area contributed by atoms with E-state index in [1.807, 2.05) is 36.4 Å². The smallest absolute Gasteiger partial charge is 0.262 e. The van der Waals surface area contributed by atoms with Gasteiger partial charge in [-0.25, -0.2) is 8.42 Å². The molecule has 1 atom stereocenters. The summed E-state index contributed by atoms with van der Waals surface area (Å²) in [5.74, 6) is 0.0835. The van der Waals surface area contributed by atoms with E-state index < -0.39 is 10.0 Å². The summed E-state index contributed by atoms with van der Waals surface area (Å²) in [7, 11) is -3.83. The highest BCUT2D eigenvalue weighted by Gasteiger charge is 2.21. The number of hydrogen-bond acceptors (Lipinski definition) is 3. The molecule has 162 valence electrons. The van der Waals surface area contributed by atoms with Crippen LogP contribution in [0.15, 0.2) is 83.8 Å². The Bertz CT molecular complexity index is 1130. The third-order valence-corrected chi connectivity index (χ3v) is 6.50. The molecule has 0 fully saturated rings. The molecule has 0 bridgehead atoms. The third kappa shape index (κ3) is 5.95. The number of anilines is 1. The molecule has 3 aromatic carbocycles. The van der Waals surface area contributed by atoms with Crippen molar-refractivity contribution in [3.05, 3.63) is 95.6 Å². The summed E-state index contributed by atoms with van der Waals surface area (Å²) < 4.78 is 28.5. The van der Waals surface area contributed by atoms with E-state index in [4.69, 9.17) is 0 Å². The Hall–Kier alpha value is -3.12. The highest BCUT2D eigenvalue weighted by atomic mass is 32.2. The number of sulfonamides is 1. The zero-order valence-corrected chi connectivity index (χ0v) is 18.8. The van der Waals surface area contributed by atoms with Gasteiger partial charge < -0.3 is 5.32 Å². The topological polar surface area (TPSA) is 75.3 Å². The standard InChI is InChI=1S/C25H28N2O3S/c1-18(2)16-23(20-10-6-4-7-11-20)26-25(28)21-15-14-19(3)24(17-21)31(29,30)27-22-12-8-5-9-13-22/h4-15,17-18,23,27H,16H2,1-3H3,(H,26,28)/t23-/m0/s1. The van der Waals surface area contributed by atoms with Crippen LogP contribution in [0.5, 0.6) is 0 Å². The fourth-order valence-corrected chi connectivity index (χ4v) is 4.75. The number of para-hydroxylation sites is 1. The van der Waals surface area contributed by atoms with Crippen molar-refractivity contribution in [3.63, 3.8) is 0 Å². The average Bonchev–Trinajstić information content (AvgIpc) is 2.74. The van der Waals surface area contributed by atoms with E-state index in [0.29, 0.717) is 22.7 Å². The Balaban J connectivity index is 1.86. The molecule has 0 spiro atoms. The number of carbonyl (C=O) groups excluding carboxylic acids is 1. The van der Waals surface area contributed by atoms with Crippen molar-refractivity contribution >= 4 is 21.6 Å². The van der Waals surface area contributed by atoms with Crippen LogP contribution in [0.25, 0.3) is 0 Å². The van der Waals surface area contributed by atoms with Crippen LogP contribution in [0, 0.1) is 12.8 Å². The molecule has 31 heavy (non-hydrogen) atoms. The summed E-state index contributed by atoms with van der Waals surface area (Å²) in [5, 5.41) is 3.07. The quantitative estimate of drug-likeness (QED) is 0.502. The molecular formula is C25H28N2O3S. The Labute approximate surface area is 184 Å². The summed E-state index contributed by atoms with van der Waals surface area (Å²) in [5.41, 5.74) is 2.37. The van der Waals surface area contributed by atoms with Crippen molar-refractivity contribution in [2.45, 2.75) is 38.1 Å². The highest BCUT2D eigenvalue weighted by molar-refractivity contribution is 7.92. The van der Waals surface area contributed by atoms with E-state index in [0.717, 1.165) is 12.0 Å². The van der Waals surface area contributed by atoms with Crippen LogP contribution in [-0.2, 0) is 10.0 Å². The summed E-state index contributed by atoms with van der Waals surface area (Å²) in [4.78, 5) is 13.1. The van der Waals surface area contributed by atoms with Gasteiger partial charge in [-0.1, -0.05) is 68.4 Å². The molecule has 3 aromatic rings. The maximum Gasteiger partial charge on any atom is 0.262 e. The SMILES string of the molecule is Cc1ccc(C(=O)N[C@@H](CC(C)C)c2ccccc2)cc1S(=O)(=O)Nc1ccccc1. The second-order valence-corrected chi connectivity index (χ2v) is 9.67. The predicted molar refractivity (Wildman–Crippen MR) is 125 cm³/mol.